The van der Waals surface area contributed by atoms with Crippen LogP contribution in [0.1, 0.15) is 135 Å². The highest BCUT2D eigenvalue weighted by Crippen LogP contribution is 2.42. The number of hydrogen-bond acceptors (Lipinski definition) is 1. The lowest BCUT2D eigenvalue weighted by Gasteiger charge is -2.34. The molecule has 2 aromatic carbocycles. The van der Waals surface area contributed by atoms with Crippen molar-refractivity contribution >= 4 is 5.78 Å². The van der Waals surface area contributed by atoms with Crippen LogP contribution in [-0.2, 0) is 11.2 Å². The molecule has 0 amide bonds. The van der Waals surface area contributed by atoms with Crippen LogP contribution in [-0.4, -0.2) is 5.78 Å². The van der Waals surface area contributed by atoms with E-state index in [9.17, 15) is 4.79 Å². The van der Waals surface area contributed by atoms with Crippen LogP contribution in [0.25, 0.3) is 0 Å². The Morgan fingerprint density at radius 2 is 1.53 bits per heavy atom. The molecule has 1 nitrogen and oxygen atoms in total. The van der Waals surface area contributed by atoms with Gasteiger partial charge in [-0.3, -0.25) is 9.50 Å². The van der Waals surface area contributed by atoms with E-state index in [0.717, 1.165) is 29.1 Å². The largest absolute Gasteiger partial charge is 0.294 e. The second-order valence-electron chi connectivity index (χ2n) is 13.1. The van der Waals surface area contributed by atoms with Gasteiger partial charge in [0.2, 0.25) is 0 Å². The van der Waals surface area contributed by atoms with Gasteiger partial charge in [-0.1, -0.05) is 126 Å². The van der Waals surface area contributed by atoms with Gasteiger partial charge in [-0.2, -0.15) is 0 Å². The lowest BCUT2D eigenvalue weighted by atomic mass is 9.71. The van der Waals surface area contributed by atoms with Crippen LogP contribution in [0.3, 0.4) is 0 Å². The number of carbonyl (C=O) groups is 1. The van der Waals surface area contributed by atoms with Crippen molar-refractivity contribution in [3.05, 3.63) is 112 Å². The molecule has 2 aliphatic rings. The number of carbonyl (C=O) groups excluding carboxylic acids is 1. The quantitative estimate of drug-likeness (QED) is 0.179. The van der Waals surface area contributed by atoms with Gasteiger partial charge in [0, 0.05) is 17.1 Å². The minimum Gasteiger partial charge on any atom is -0.294 e. The monoisotopic (exact) mass is 584 g/mol. The van der Waals surface area contributed by atoms with E-state index in [1.165, 1.54) is 87.3 Å². The number of allylic oxidation sites excluding steroid dienone is 5. The lowest BCUT2D eigenvalue weighted by molar-refractivity contribution is -0.113. The third kappa shape index (κ3) is 11.2. The summed E-state index contributed by atoms with van der Waals surface area (Å²) in [6.45, 7) is 12.6. The van der Waals surface area contributed by atoms with E-state index in [2.05, 4.69) is 81.1 Å². The molecule has 0 bridgehead atoms. The summed E-state index contributed by atoms with van der Waals surface area (Å²) in [5.74, 6) is 1.38. The van der Waals surface area contributed by atoms with E-state index < -0.39 is 0 Å². The molecule has 0 aromatic heterocycles. The van der Waals surface area contributed by atoms with E-state index >= 15 is 0 Å². The predicted octanol–water partition coefficient (Wildman–Crippen LogP) is 12.0. The van der Waals surface area contributed by atoms with Gasteiger partial charge in [0.15, 0.2) is 5.78 Å². The van der Waals surface area contributed by atoms with Crippen LogP contribution in [0.5, 0.6) is 0 Å². The van der Waals surface area contributed by atoms with E-state index in [1.54, 1.807) is 6.92 Å². The molecular weight excluding hydrogens is 527 g/mol. The van der Waals surface area contributed by atoms with Gasteiger partial charge in [0.1, 0.15) is 0 Å². The Kier molecular flexibility index (Phi) is 15.7. The SMILES string of the molecule is CC(=O)C1=C(C)C=CC=C=C1C.CCCC(CCCCC1(C)CCCCC1)C(c1ccccc1)c1ccc(CC)cc1.F. The number of halogens is 1. The first-order chi connectivity index (χ1) is 20.3. The molecule has 2 aliphatic carbocycles. The van der Waals surface area contributed by atoms with Gasteiger partial charge in [0.05, 0.1) is 0 Å². The summed E-state index contributed by atoms with van der Waals surface area (Å²) < 4.78 is 0. The van der Waals surface area contributed by atoms with Gasteiger partial charge < -0.3 is 0 Å². The second-order valence-corrected chi connectivity index (χ2v) is 13.1. The molecule has 0 radical (unpaired) electrons. The van der Waals surface area contributed by atoms with Crippen molar-refractivity contribution in [3.63, 3.8) is 0 Å². The highest BCUT2D eigenvalue weighted by atomic mass is 19.0. The molecule has 0 heterocycles. The molecule has 234 valence electrons. The van der Waals surface area contributed by atoms with E-state index in [-0.39, 0.29) is 10.5 Å². The van der Waals surface area contributed by atoms with Crippen molar-refractivity contribution in [1.29, 1.82) is 0 Å². The Morgan fingerprint density at radius 3 is 2.14 bits per heavy atom. The number of hydrogen-bond donors (Lipinski definition) is 0. The smallest absolute Gasteiger partial charge is 0.160 e. The minimum absolute atomic E-state index is 0. The Balaban J connectivity index is 0.000000418. The number of unbranched alkanes of at least 4 members (excludes halogenated alkanes) is 1. The van der Waals surface area contributed by atoms with Crippen LogP contribution < -0.4 is 0 Å². The Bertz CT molecular complexity index is 1230. The van der Waals surface area contributed by atoms with Crippen molar-refractivity contribution in [2.24, 2.45) is 11.3 Å². The van der Waals surface area contributed by atoms with Crippen LogP contribution >= 0.6 is 0 Å². The fourth-order valence-electron chi connectivity index (χ4n) is 7.18. The van der Waals surface area contributed by atoms with Gasteiger partial charge in [-0.15, -0.1) is 5.73 Å². The zero-order chi connectivity index (χ0) is 30.4. The summed E-state index contributed by atoms with van der Waals surface area (Å²) in [6, 6.07) is 20.8. The van der Waals surface area contributed by atoms with Crippen molar-refractivity contribution < 1.29 is 9.50 Å². The molecule has 0 aliphatic heterocycles. The molecule has 1 saturated carbocycles. The Morgan fingerprint density at radius 1 is 0.884 bits per heavy atom. The lowest BCUT2D eigenvalue weighted by Crippen LogP contribution is -2.20. The van der Waals surface area contributed by atoms with Gasteiger partial charge in [-0.25, -0.2) is 0 Å². The molecule has 1 fully saturated rings. The predicted molar refractivity (Wildman–Crippen MR) is 184 cm³/mol. The molecule has 0 saturated heterocycles. The van der Waals surface area contributed by atoms with Gasteiger partial charge in [-0.05, 0) is 99.0 Å². The average Bonchev–Trinajstić information content (AvgIpc) is 3.16. The standard InChI is InChI=1S/C30H44.C11H12O.FH/c1-4-14-26(17-10-13-24-30(3)22-11-7-12-23-30)29(27-15-8-6-9-16-27)28-20-18-25(5-2)19-21-28;1-8-6-4-5-7-9(2)11(8)10(3)12;/h6,8-9,15-16,18-21,26,29H,4-5,7,10-14,17,22-24H2,1-3H3;4-6H,1-3H3;1H. The molecule has 4 rings (SSSR count). The maximum atomic E-state index is 11.2. The van der Waals surface area contributed by atoms with Gasteiger partial charge in [0.25, 0.3) is 0 Å². The summed E-state index contributed by atoms with van der Waals surface area (Å²) in [5, 5.41) is 0. The minimum atomic E-state index is 0. The zero-order valence-electron chi connectivity index (χ0n) is 27.9. The summed E-state index contributed by atoms with van der Waals surface area (Å²) >= 11 is 0. The highest BCUT2D eigenvalue weighted by molar-refractivity contribution is 5.98. The van der Waals surface area contributed by atoms with Crippen LogP contribution in [0.15, 0.2) is 95.3 Å². The molecule has 2 aromatic rings. The molecule has 0 N–H and O–H groups in total. The first-order valence-corrected chi connectivity index (χ1v) is 16.7. The molecule has 43 heavy (non-hydrogen) atoms. The average molecular weight is 585 g/mol. The Hall–Kier alpha value is -2.96. The Labute approximate surface area is 262 Å². The van der Waals surface area contributed by atoms with Gasteiger partial charge >= 0.3 is 0 Å². The third-order valence-corrected chi connectivity index (χ3v) is 9.57. The van der Waals surface area contributed by atoms with E-state index in [1.807, 2.05) is 32.1 Å². The zero-order valence-corrected chi connectivity index (χ0v) is 27.9. The summed E-state index contributed by atoms with van der Waals surface area (Å²) in [7, 11) is 0. The molecule has 2 heteroatoms. The first kappa shape index (κ1) is 36.2. The maximum absolute atomic E-state index is 11.2. The molecular formula is C41H57FO. The fourth-order valence-corrected chi connectivity index (χ4v) is 7.18. The van der Waals surface area contributed by atoms with Crippen molar-refractivity contribution in [1.82, 2.24) is 0 Å². The number of Topliss-reactive ketones (excluding diaryl/α,β-unsaturated/α-hetero) is 1. The topological polar surface area (TPSA) is 17.1 Å². The maximum Gasteiger partial charge on any atom is 0.160 e. The molecule has 2 unspecified atom stereocenters. The van der Waals surface area contributed by atoms with Crippen LogP contribution in [0.2, 0.25) is 0 Å². The summed E-state index contributed by atoms with van der Waals surface area (Å²) in [5.41, 5.74) is 10.8. The molecule has 0 spiro atoms. The van der Waals surface area contributed by atoms with Crippen LogP contribution in [0.4, 0.5) is 4.70 Å². The number of ketones is 1. The van der Waals surface area contributed by atoms with E-state index in [0.29, 0.717) is 11.3 Å². The summed E-state index contributed by atoms with van der Waals surface area (Å²) in [6.07, 6.45) is 22.3. The number of benzene rings is 2. The third-order valence-electron chi connectivity index (χ3n) is 9.57. The van der Waals surface area contributed by atoms with E-state index in [4.69, 9.17) is 0 Å². The van der Waals surface area contributed by atoms with Crippen LogP contribution in [0, 0.1) is 11.3 Å². The second kappa shape index (κ2) is 18.6. The van der Waals surface area contributed by atoms with Crippen molar-refractivity contribution in [3.8, 4) is 0 Å². The number of aryl methyl sites for hydroxylation is 1. The van der Waals surface area contributed by atoms with Crippen molar-refractivity contribution in [2.45, 2.75) is 125 Å². The summed E-state index contributed by atoms with van der Waals surface area (Å²) in [4.78, 5) is 11.2. The highest BCUT2D eigenvalue weighted by Gasteiger charge is 2.27. The molecule has 2 atom stereocenters. The normalized spacial score (nSPS) is 17.1. The van der Waals surface area contributed by atoms with Crippen molar-refractivity contribution in [2.75, 3.05) is 0 Å². The number of rotatable bonds is 12. The fraction of sp³-hybridized carbons (Fsp3) is 0.512. The first-order valence-electron chi connectivity index (χ1n) is 16.7.